The number of rotatable bonds is 25. The average Bonchev–Trinajstić information content (AvgIpc) is 4.22. The van der Waals surface area contributed by atoms with Crippen molar-refractivity contribution in [3.63, 3.8) is 0 Å². The van der Waals surface area contributed by atoms with Crippen molar-refractivity contribution >= 4 is 65.3 Å². The van der Waals surface area contributed by atoms with E-state index in [1.165, 1.54) is 9.80 Å². The smallest absolute Gasteiger partial charge is 0.337 e. The highest BCUT2D eigenvalue weighted by Gasteiger charge is 2.43. The maximum Gasteiger partial charge on any atom is 0.337 e. The van der Waals surface area contributed by atoms with Crippen molar-refractivity contribution < 1.29 is 53.4 Å². The van der Waals surface area contributed by atoms with Crippen molar-refractivity contribution in [3.8, 4) is 0 Å². The molecule has 2 aromatic rings. The Morgan fingerprint density at radius 3 is 1.91 bits per heavy atom. The fraction of sp³-hybridized carbons (Fsp3) is 0.531. The Balaban J connectivity index is 1.21. The van der Waals surface area contributed by atoms with Gasteiger partial charge in [0.05, 0.1) is 37.7 Å². The first-order chi connectivity index (χ1) is 36.4. The maximum absolute atomic E-state index is 14.1. The number of hydrogen-bond acceptors (Lipinski definition) is 13. The van der Waals surface area contributed by atoms with Gasteiger partial charge in [0.1, 0.15) is 18.1 Å². The summed E-state index contributed by atoms with van der Waals surface area (Å²) in [6.07, 6.45) is 2.68. The van der Waals surface area contributed by atoms with Gasteiger partial charge in [-0.25, -0.2) is 24.6 Å². The van der Waals surface area contributed by atoms with Crippen LogP contribution in [0.15, 0.2) is 70.6 Å². The first-order valence-electron chi connectivity index (χ1n) is 25.3. The molecule has 0 unspecified atom stereocenters. The highest BCUT2D eigenvalue weighted by atomic mass is 16.4. The number of benzene rings is 2. The highest BCUT2D eigenvalue weighted by Crippen LogP contribution is 2.26. The highest BCUT2D eigenvalue weighted by molar-refractivity contribution is 5.96. The molecular weight excluding hydrogens is 989 g/mol. The molecule has 3 saturated heterocycles. The van der Waals surface area contributed by atoms with Crippen LogP contribution in [0.25, 0.3) is 0 Å². The number of aliphatic hydroxyl groups is 1. The number of aliphatic carboxylic acids is 1. The molecule has 3 heterocycles. The Labute approximate surface area is 439 Å². The van der Waals surface area contributed by atoms with Crippen LogP contribution in [0.1, 0.15) is 75.3 Å². The molecule has 0 aromatic heterocycles. The van der Waals surface area contributed by atoms with Crippen LogP contribution in [0.4, 0.5) is 9.59 Å². The number of carboxylic acids is 1. The molecule has 0 radical (unpaired) electrons. The molecular formula is C49H72N16O11. The molecule has 0 aliphatic carbocycles. The van der Waals surface area contributed by atoms with E-state index in [9.17, 15) is 53.4 Å². The average molecular weight is 1060 g/mol. The number of nitrogens with one attached hydrogen (secondary N) is 4. The molecule has 0 bridgehead atoms. The molecule has 414 valence electrons. The Kier molecular flexibility index (Phi) is 22.5. The quantitative estimate of drug-likeness (QED) is 0.0213. The lowest BCUT2D eigenvalue weighted by Gasteiger charge is -2.33. The molecule has 9 amide bonds. The van der Waals surface area contributed by atoms with Gasteiger partial charge in [-0.05, 0) is 75.3 Å². The molecule has 76 heavy (non-hydrogen) atoms. The second kappa shape index (κ2) is 29.1. The van der Waals surface area contributed by atoms with Crippen molar-refractivity contribution in [2.75, 3.05) is 52.4 Å². The lowest BCUT2D eigenvalue weighted by Crippen LogP contribution is -2.61. The number of carbonyl (C=O) groups excluding carboxylic acids is 8. The van der Waals surface area contributed by atoms with E-state index in [0.29, 0.717) is 56.2 Å². The van der Waals surface area contributed by atoms with Gasteiger partial charge < -0.3 is 64.6 Å². The van der Waals surface area contributed by atoms with Gasteiger partial charge in [0, 0.05) is 45.7 Å². The van der Waals surface area contributed by atoms with Crippen LogP contribution in [-0.2, 0) is 46.5 Å². The SMILES string of the molecule is NC(N)=NCCC[C@@H](CC(=O)[C@H](Cc1ccccc1)NC(=O)N1CCCN1C(=O)[C@H](CO)NC(=O)N(Cc1ccccc1)NC(=O)CNC(=O)[C@H]1CCCN1C(=O)[C@H]1CCCN1C(=O)[C@H](N)CCCN=C(N)N)C(=O)O. The molecule has 3 aliphatic rings. The molecule has 27 heteroatoms. The van der Waals surface area contributed by atoms with Crippen LogP contribution in [0.2, 0.25) is 0 Å². The molecule has 0 spiro atoms. The normalized spacial score (nSPS) is 17.6. The van der Waals surface area contributed by atoms with E-state index in [4.69, 9.17) is 28.7 Å². The summed E-state index contributed by atoms with van der Waals surface area (Å²) in [5.41, 5.74) is 31.4. The number of nitrogens with zero attached hydrogens (tertiary/aromatic N) is 7. The Morgan fingerprint density at radius 2 is 1.29 bits per heavy atom. The van der Waals surface area contributed by atoms with Crippen LogP contribution in [0, 0.1) is 5.92 Å². The van der Waals surface area contributed by atoms with Gasteiger partial charge in [0.2, 0.25) is 17.7 Å². The van der Waals surface area contributed by atoms with Crippen LogP contribution in [-0.4, -0.2) is 183 Å². The third-order valence-electron chi connectivity index (χ3n) is 13.1. The minimum Gasteiger partial charge on any atom is -0.481 e. The van der Waals surface area contributed by atoms with Gasteiger partial charge in [0.15, 0.2) is 17.7 Å². The summed E-state index contributed by atoms with van der Waals surface area (Å²) in [6.45, 7) is -0.824. The monoisotopic (exact) mass is 1060 g/mol. The number of aliphatic imine (C=N–C) groups is 2. The number of urea groups is 2. The second-order valence-electron chi connectivity index (χ2n) is 18.7. The molecule has 3 fully saturated rings. The van der Waals surface area contributed by atoms with Crippen LogP contribution < -0.4 is 50.0 Å². The molecule has 6 atom stereocenters. The minimum absolute atomic E-state index is 0.00166. The predicted octanol–water partition coefficient (Wildman–Crippen LogP) is -2.45. The number of Topliss-reactive ketones (excluding diaryl/α,β-unsaturated/α-hetero) is 1. The molecule has 16 N–H and O–H groups in total. The summed E-state index contributed by atoms with van der Waals surface area (Å²) in [5.74, 6) is -6.32. The largest absolute Gasteiger partial charge is 0.481 e. The van der Waals surface area contributed by atoms with E-state index < -0.39 is 109 Å². The van der Waals surface area contributed by atoms with E-state index in [1.54, 1.807) is 60.7 Å². The van der Waals surface area contributed by atoms with Gasteiger partial charge in [-0.15, -0.1) is 0 Å². The van der Waals surface area contributed by atoms with Crippen LogP contribution in [0.5, 0.6) is 0 Å². The van der Waals surface area contributed by atoms with Gasteiger partial charge in [0.25, 0.3) is 11.8 Å². The summed E-state index contributed by atoms with van der Waals surface area (Å²) >= 11 is 0. The third kappa shape index (κ3) is 17.3. The van der Waals surface area contributed by atoms with Crippen molar-refractivity contribution in [1.82, 2.24) is 46.2 Å². The summed E-state index contributed by atoms with van der Waals surface area (Å²) in [5, 5.41) is 31.0. The van der Waals surface area contributed by atoms with Crippen molar-refractivity contribution in [2.24, 2.45) is 44.6 Å². The van der Waals surface area contributed by atoms with E-state index in [2.05, 4.69) is 31.4 Å². The number of nitrogens with two attached hydrogens (primary N) is 5. The Morgan fingerprint density at radius 1 is 0.697 bits per heavy atom. The molecule has 3 aliphatic heterocycles. The van der Waals surface area contributed by atoms with Gasteiger partial charge >= 0.3 is 18.0 Å². The van der Waals surface area contributed by atoms with E-state index in [1.807, 2.05) is 0 Å². The Bertz CT molecular complexity index is 2410. The minimum atomic E-state index is -1.66. The van der Waals surface area contributed by atoms with E-state index >= 15 is 0 Å². The molecule has 0 saturated carbocycles. The molecule has 5 rings (SSSR count). The summed E-state index contributed by atoms with van der Waals surface area (Å²) in [4.78, 5) is 133. The zero-order chi connectivity index (χ0) is 55.3. The van der Waals surface area contributed by atoms with Crippen molar-refractivity contribution in [2.45, 2.75) is 107 Å². The van der Waals surface area contributed by atoms with Gasteiger partial charge in [-0.1, -0.05) is 60.7 Å². The fourth-order valence-electron chi connectivity index (χ4n) is 9.25. The number of ketones is 1. The number of hydrogen-bond donors (Lipinski definition) is 11. The first kappa shape index (κ1) is 58.8. The van der Waals surface area contributed by atoms with Crippen molar-refractivity contribution in [1.29, 1.82) is 0 Å². The number of likely N-dealkylation sites (tertiary alicyclic amines) is 2. The maximum atomic E-state index is 14.1. The van der Waals surface area contributed by atoms with Crippen LogP contribution >= 0.6 is 0 Å². The van der Waals surface area contributed by atoms with Crippen molar-refractivity contribution in [3.05, 3.63) is 71.8 Å². The van der Waals surface area contributed by atoms with Crippen LogP contribution in [0.3, 0.4) is 0 Å². The lowest BCUT2D eigenvalue weighted by molar-refractivity contribution is -0.147. The summed E-state index contributed by atoms with van der Waals surface area (Å²) in [7, 11) is 0. The lowest BCUT2D eigenvalue weighted by atomic mass is 9.92. The number of hydrazine groups is 2. The zero-order valence-electron chi connectivity index (χ0n) is 42.5. The second-order valence-corrected chi connectivity index (χ2v) is 18.7. The predicted molar refractivity (Wildman–Crippen MR) is 276 cm³/mol. The van der Waals surface area contributed by atoms with E-state index in [-0.39, 0.29) is 76.9 Å². The topological polar surface area (TPSA) is 413 Å². The Hall–Kier alpha value is -8.07. The number of aliphatic hydroxyl groups excluding tert-OH is 1. The van der Waals surface area contributed by atoms with Gasteiger partial charge in [-0.2, -0.15) is 0 Å². The van der Waals surface area contributed by atoms with E-state index in [0.717, 1.165) is 15.0 Å². The number of amides is 9. The summed E-state index contributed by atoms with van der Waals surface area (Å²) < 4.78 is 0. The fourth-order valence-corrected chi connectivity index (χ4v) is 9.25. The number of carboxylic acid groups (broad SMARTS) is 1. The first-order valence-corrected chi connectivity index (χ1v) is 25.3. The number of guanidine groups is 2. The number of carbonyl (C=O) groups is 9. The molecule has 27 nitrogen and oxygen atoms in total. The molecule has 2 aromatic carbocycles. The standard InChI is InChI=1S/C49H72N16O11/c50-34(17-8-21-56-47(53)54)42(70)62-23-10-19-38(62)44(72)61-22-9-18-37(61)41(69)57-28-40(68)60-63(29-32-14-5-2-6-15-32)48(75)59-36(30-66)43(71)64-24-11-25-65(64)49(76)58-35(26-31-12-3-1-4-13-31)39(67)27-33(45(73)74)16-7-20-55-46(51)52/h1-6,12-15,33-38,66H,7-11,16-30,50H2,(H,57,69)(H,58,76)(H,59,75)(H,60,68)(H,73,74)(H4,51,52,55)(H4,53,54,56)/t33-,34+,35-,36-,37+,38+/m0/s1. The third-order valence-corrected chi connectivity index (χ3v) is 13.1. The zero-order valence-corrected chi connectivity index (χ0v) is 42.5. The summed E-state index contributed by atoms with van der Waals surface area (Å²) in [6, 6.07) is 9.76. The van der Waals surface area contributed by atoms with Gasteiger partial charge in [-0.3, -0.25) is 49.0 Å².